The van der Waals surface area contributed by atoms with Crippen molar-refractivity contribution >= 4 is 18.5 Å². The highest BCUT2D eigenvalue weighted by atomic mass is 31.2. The van der Waals surface area contributed by atoms with E-state index in [-0.39, 0.29) is 13.0 Å². The van der Waals surface area contributed by atoms with Crippen LogP contribution in [0.4, 0.5) is 5.69 Å². The molecule has 1 aliphatic rings. The predicted molar refractivity (Wildman–Crippen MR) is 101 cm³/mol. The third-order valence-electron chi connectivity index (χ3n) is 3.86. The van der Waals surface area contributed by atoms with Crippen LogP contribution < -0.4 is 5.01 Å². The first-order chi connectivity index (χ1) is 12.2. The van der Waals surface area contributed by atoms with Crippen LogP contribution in [0, 0.1) is 0 Å². The minimum absolute atomic E-state index is 0.104. The van der Waals surface area contributed by atoms with E-state index >= 15 is 0 Å². The van der Waals surface area contributed by atoms with Gasteiger partial charge in [0.1, 0.15) is 0 Å². The number of aliphatic hydroxyl groups is 1. The van der Waals surface area contributed by atoms with Gasteiger partial charge in [-0.2, -0.15) is 5.10 Å². The van der Waals surface area contributed by atoms with Crippen LogP contribution in [-0.2, 0) is 9.09 Å². The summed E-state index contributed by atoms with van der Waals surface area (Å²) in [5, 5.41) is 16.3. The lowest BCUT2D eigenvalue weighted by molar-refractivity contribution is 0.297. The number of rotatable bonds is 6. The van der Waals surface area contributed by atoms with E-state index in [2.05, 4.69) is 5.10 Å². The minimum atomic E-state index is -3.32. The molecule has 130 valence electrons. The molecule has 0 spiro atoms. The SMILES string of the molecule is CCO[P@@]1(=O)C(CCO)=CN(c2ccccc2)N=C1c1ccccc1. The average molecular weight is 356 g/mol. The average Bonchev–Trinajstić information content (AvgIpc) is 2.65. The molecule has 6 heteroatoms. The van der Waals surface area contributed by atoms with E-state index in [1.54, 1.807) is 11.2 Å². The van der Waals surface area contributed by atoms with Crippen molar-refractivity contribution in [2.75, 3.05) is 18.2 Å². The molecule has 0 fully saturated rings. The second-order valence-corrected chi connectivity index (χ2v) is 7.89. The summed E-state index contributed by atoms with van der Waals surface area (Å²) < 4.78 is 19.4. The number of hydrogen-bond acceptors (Lipinski definition) is 5. The van der Waals surface area contributed by atoms with E-state index < -0.39 is 7.37 Å². The molecule has 0 saturated heterocycles. The van der Waals surface area contributed by atoms with Crippen molar-refractivity contribution in [1.82, 2.24) is 0 Å². The predicted octanol–water partition coefficient (Wildman–Crippen LogP) is 4.41. The van der Waals surface area contributed by atoms with Crippen molar-refractivity contribution in [2.45, 2.75) is 13.3 Å². The van der Waals surface area contributed by atoms with Crippen molar-refractivity contribution < 1.29 is 14.2 Å². The van der Waals surface area contributed by atoms with Crippen molar-refractivity contribution in [3.63, 3.8) is 0 Å². The first-order valence-corrected chi connectivity index (χ1v) is 9.87. The standard InChI is InChI=1S/C19H21N2O3P/c1-2-24-25(23)18(13-14-22)15-21(17-11-7-4-8-12-17)20-19(25)16-9-5-3-6-10-16/h3-12,15,22H,2,13-14H2,1H3/t25-/m0/s1. The van der Waals surface area contributed by atoms with Crippen molar-refractivity contribution in [1.29, 1.82) is 0 Å². The highest BCUT2D eigenvalue weighted by Gasteiger charge is 2.39. The summed E-state index contributed by atoms with van der Waals surface area (Å²) in [5.74, 6) is 0. The molecule has 0 amide bonds. The molecule has 2 aromatic carbocycles. The van der Waals surface area contributed by atoms with Gasteiger partial charge < -0.3 is 9.63 Å². The Morgan fingerprint density at radius 2 is 1.72 bits per heavy atom. The van der Waals surface area contributed by atoms with Gasteiger partial charge in [-0.3, -0.25) is 4.57 Å². The van der Waals surface area contributed by atoms with Gasteiger partial charge in [0.2, 0.25) is 0 Å². The summed E-state index contributed by atoms with van der Waals surface area (Å²) in [4.78, 5) is 0. The zero-order valence-electron chi connectivity index (χ0n) is 14.1. The largest absolute Gasteiger partial charge is 0.396 e. The maximum absolute atomic E-state index is 13.7. The molecule has 1 N–H and O–H groups in total. The van der Waals surface area contributed by atoms with Crippen LogP contribution in [0.5, 0.6) is 0 Å². The Morgan fingerprint density at radius 1 is 1.08 bits per heavy atom. The lowest BCUT2D eigenvalue weighted by Crippen LogP contribution is -2.22. The Bertz CT molecular complexity index is 819. The number of hydrazone groups is 1. The van der Waals surface area contributed by atoms with E-state index in [1.165, 1.54) is 0 Å². The van der Waals surface area contributed by atoms with Crippen LogP contribution in [0.2, 0.25) is 0 Å². The monoisotopic (exact) mass is 356 g/mol. The number of aliphatic hydroxyl groups excluding tert-OH is 1. The zero-order chi connectivity index (χ0) is 17.7. The fourth-order valence-electron chi connectivity index (χ4n) is 2.72. The number of hydrogen-bond donors (Lipinski definition) is 1. The third kappa shape index (κ3) is 3.59. The molecule has 0 aliphatic carbocycles. The lowest BCUT2D eigenvalue weighted by Gasteiger charge is -2.30. The molecular formula is C19H21N2O3P. The molecule has 1 atom stereocenters. The molecule has 5 nitrogen and oxygen atoms in total. The van der Waals surface area contributed by atoms with Crippen LogP contribution in [0.15, 0.2) is 77.3 Å². The third-order valence-corrected chi connectivity index (χ3v) is 6.48. The van der Waals surface area contributed by atoms with Crippen molar-refractivity contribution in [2.24, 2.45) is 5.10 Å². The molecule has 0 saturated carbocycles. The molecule has 3 rings (SSSR count). The first-order valence-electron chi connectivity index (χ1n) is 8.24. The summed E-state index contributed by atoms with van der Waals surface area (Å²) in [5.41, 5.74) is 2.02. The molecular weight excluding hydrogens is 335 g/mol. The summed E-state index contributed by atoms with van der Waals surface area (Å²) in [6, 6.07) is 19.0. The van der Waals surface area contributed by atoms with Gasteiger partial charge in [-0.15, -0.1) is 0 Å². The van der Waals surface area contributed by atoms with Gasteiger partial charge >= 0.3 is 0 Å². The van der Waals surface area contributed by atoms with Crippen molar-refractivity contribution in [3.8, 4) is 0 Å². The molecule has 1 aliphatic heterocycles. The van der Waals surface area contributed by atoms with Crippen LogP contribution in [0.3, 0.4) is 0 Å². The Hall–Kier alpha value is -2.20. The summed E-state index contributed by atoms with van der Waals surface area (Å²) in [7, 11) is -3.32. The van der Waals surface area contributed by atoms with Crippen LogP contribution in [-0.4, -0.2) is 23.8 Å². The fraction of sp³-hybridized carbons (Fsp3) is 0.211. The molecule has 0 unspecified atom stereocenters. The Balaban J connectivity index is 2.15. The van der Waals surface area contributed by atoms with Gasteiger partial charge in [-0.1, -0.05) is 48.5 Å². The molecule has 0 radical (unpaired) electrons. The topological polar surface area (TPSA) is 62.1 Å². The molecule has 0 bridgehead atoms. The lowest BCUT2D eigenvalue weighted by atomic mass is 10.2. The molecule has 0 aromatic heterocycles. The number of benzene rings is 2. The van der Waals surface area contributed by atoms with E-state index in [0.717, 1.165) is 11.3 Å². The van der Waals surface area contributed by atoms with Crippen LogP contribution >= 0.6 is 7.37 Å². The zero-order valence-corrected chi connectivity index (χ0v) is 15.0. The Kier molecular flexibility index (Phi) is 5.49. The number of nitrogens with zero attached hydrogens (tertiary/aromatic N) is 2. The maximum Gasteiger partial charge on any atom is 0.279 e. The second-order valence-electron chi connectivity index (χ2n) is 5.53. The van der Waals surface area contributed by atoms with Gasteiger partial charge in [-0.05, 0) is 19.1 Å². The van der Waals surface area contributed by atoms with Gasteiger partial charge in [0, 0.05) is 30.1 Å². The highest BCUT2D eigenvalue weighted by molar-refractivity contribution is 7.81. The van der Waals surface area contributed by atoms with E-state index in [9.17, 15) is 9.67 Å². The smallest absolute Gasteiger partial charge is 0.279 e. The second kappa shape index (κ2) is 7.79. The number of para-hydroxylation sites is 1. The highest BCUT2D eigenvalue weighted by Crippen LogP contribution is 2.61. The summed E-state index contributed by atoms with van der Waals surface area (Å²) in [6.07, 6.45) is 1.99. The summed E-state index contributed by atoms with van der Waals surface area (Å²) >= 11 is 0. The van der Waals surface area contributed by atoms with Gasteiger partial charge in [-0.25, -0.2) is 5.01 Å². The number of anilines is 1. The van der Waals surface area contributed by atoms with E-state index in [1.807, 2.05) is 67.6 Å². The minimum Gasteiger partial charge on any atom is -0.396 e. The molecule has 2 aromatic rings. The first kappa shape index (κ1) is 17.6. The molecule has 25 heavy (non-hydrogen) atoms. The maximum atomic E-state index is 13.7. The molecule has 1 heterocycles. The Labute approximate surface area is 147 Å². The van der Waals surface area contributed by atoms with Crippen LogP contribution in [0.1, 0.15) is 18.9 Å². The normalized spacial score (nSPS) is 20.2. The van der Waals surface area contributed by atoms with Gasteiger partial charge in [0.25, 0.3) is 7.37 Å². The fourth-order valence-corrected chi connectivity index (χ4v) is 5.01. The van der Waals surface area contributed by atoms with Gasteiger partial charge in [0.05, 0.1) is 12.3 Å². The quantitative estimate of drug-likeness (QED) is 0.779. The van der Waals surface area contributed by atoms with Crippen molar-refractivity contribution in [3.05, 3.63) is 77.7 Å². The Morgan fingerprint density at radius 3 is 2.32 bits per heavy atom. The van der Waals surface area contributed by atoms with Gasteiger partial charge in [0.15, 0.2) is 5.45 Å². The van der Waals surface area contributed by atoms with E-state index in [4.69, 9.17) is 4.52 Å². The van der Waals surface area contributed by atoms with E-state index in [0.29, 0.717) is 17.4 Å². The van der Waals surface area contributed by atoms with Crippen LogP contribution in [0.25, 0.3) is 0 Å². The summed E-state index contributed by atoms with van der Waals surface area (Å²) in [6.45, 7) is 2.01.